The standard InChI is InChI=1S/C10H18N2O/c1-5-7-11-8-9(13)12-10(3,4)6-2/h1,11H,6-8H2,2-4H3,(H,12,13). The molecule has 0 aromatic heterocycles. The Balaban J connectivity index is 3.69. The average molecular weight is 182 g/mol. The van der Waals surface area contributed by atoms with Gasteiger partial charge in [-0.05, 0) is 20.3 Å². The lowest BCUT2D eigenvalue weighted by Crippen LogP contribution is -2.46. The van der Waals surface area contributed by atoms with Crippen molar-refractivity contribution < 1.29 is 4.79 Å². The smallest absolute Gasteiger partial charge is 0.234 e. The van der Waals surface area contributed by atoms with Crippen LogP contribution >= 0.6 is 0 Å². The third-order valence-electron chi connectivity index (χ3n) is 1.87. The lowest BCUT2D eigenvalue weighted by Gasteiger charge is -2.24. The zero-order chi connectivity index (χ0) is 10.3. The van der Waals surface area contributed by atoms with Gasteiger partial charge < -0.3 is 5.32 Å². The van der Waals surface area contributed by atoms with Crippen LogP contribution in [0.4, 0.5) is 0 Å². The van der Waals surface area contributed by atoms with Crippen LogP contribution in [0.5, 0.6) is 0 Å². The molecule has 0 aromatic carbocycles. The molecule has 0 aliphatic rings. The normalized spacial score (nSPS) is 10.6. The van der Waals surface area contributed by atoms with Crippen LogP contribution in [0.1, 0.15) is 27.2 Å². The van der Waals surface area contributed by atoms with Crippen molar-refractivity contribution in [3.8, 4) is 12.3 Å². The third-order valence-corrected chi connectivity index (χ3v) is 1.87. The molecule has 0 aliphatic carbocycles. The van der Waals surface area contributed by atoms with Crippen LogP contribution in [0, 0.1) is 12.3 Å². The van der Waals surface area contributed by atoms with E-state index in [1.165, 1.54) is 0 Å². The topological polar surface area (TPSA) is 41.1 Å². The number of nitrogens with one attached hydrogen (secondary N) is 2. The molecule has 2 N–H and O–H groups in total. The number of carbonyl (C=O) groups excluding carboxylic acids is 1. The molecule has 13 heavy (non-hydrogen) atoms. The van der Waals surface area contributed by atoms with Gasteiger partial charge in [-0.25, -0.2) is 0 Å². The van der Waals surface area contributed by atoms with Gasteiger partial charge in [0.1, 0.15) is 0 Å². The highest BCUT2D eigenvalue weighted by Crippen LogP contribution is 2.05. The fourth-order valence-electron chi connectivity index (χ4n) is 0.758. The van der Waals surface area contributed by atoms with E-state index in [4.69, 9.17) is 6.42 Å². The van der Waals surface area contributed by atoms with Crippen molar-refractivity contribution in [1.29, 1.82) is 0 Å². The van der Waals surface area contributed by atoms with Crippen LogP contribution < -0.4 is 10.6 Å². The summed E-state index contributed by atoms with van der Waals surface area (Å²) in [6.07, 6.45) is 5.93. The van der Waals surface area contributed by atoms with Gasteiger partial charge in [0.05, 0.1) is 13.1 Å². The lowest BCUT2D eigenvalue weighted by molar-refractivity contribution is -0.121. The van der Waals surface area contributed by atoms with E-state index in [-0.39, 0.29) is 18.0 Å². The van der Waals surface area contributed by atoms with E-state index in [1.54, 1.807) is 0 Å². The molecule has 3 nitrogen and oxygen atoms in total. The van der Waals surface area contributed by atoms with Crippen molar-refractivity contribution in [2.24, 2.45) is 0 Å². The number of hydrogen-bond donors (Lipinski definition) is 2. The van der Waals surface area contributed by atoms with E-state index in [9.17, 15) is 4.79 Å². The van der Waals surface area contributed by atoms with Crippen molar-refractivity contribution >= 4 is 5.91 Å². The molecule has 74 valence electrons. The fraction of sp³-hybridized carbons (Fsp3) is 0.700. The van der Waals surface area contributed by atoms with Crippen LogP contribution in [0.2, 0.25) is 0 Å². The Bertz CT molecular complexity index is 203. The molecule has 0 aromatic rings. The monoisotopic (exact) mass is 182 g/mol. The molecular weight excluding hydrogens is 164 g/mol. The summed E-state index contributed by atoms with van der Waals surface area (Å²) in [5, 5.41) is 5.73. The first-order chi connectivity index (χ1) is 6.02. The van der Waals surface area contributed by atoms with Gasteiger partial charge in [0.2, 0.25) is 5.91 Å². The molecule has 0 fully saturated rings. The van der Waals surface area contributed by atoms with Crippen molar-refractivity contribution in [2.75, 3.05) is 13.1 Å². The van der Waals surface area contributed by atoms with Crippen LogP contribution in [0.3, 0.4) is 0 Å². The molecule has 0 spiro atoms. The summed E-state index contributed by atoms with van der Waals surface area (Å²) in [7, 11) is 0. The lowest BCUT2D eigenvalue weighted by atomic mass is 10.0. The van der Waals surface area contributed by atoms with E-state index in [0.717, 1.165) is 6.42 Å². The zero-order valence-corrected chi connectivity index (χ0v) is 8.61. The zero-order valence-electron chi connectivity index (χ0n) is 8.61. The number of rotatable bonds is 5. The van der Waals surface area contributed by atoms with E-state index in [0.29, 0.717) is 6.54 Å². The van der Waals surface area contributed by atoms with Crippen LogP contribution in [-0.4, -0.2) is 24.5 Å². The number of hydrogen-bond acceptors (Lipinski definition) is 2. The van der Waals surface area contributed by atoms with Gasteiger partial charge >= 0.3 is 0 Å². The summed E-state index contributed by atoms with van der Waals surface area (Å²) >= 11 is 0. The Kier molecular flexibility index (Phi) is 5.17. The Morgan fingerprint density at radius 3 is 2.62 bits per heavy atom. The summed E-state index contributed by atoms with van der Waals surface area (Å²) in [5.41, 5.74) is -0.130. The van der Waals surface area contributed by atoms with Crippen molar-refractivity contribution in [3.05, 3.63) is 0 Å². The summed E-state index contributed by atoms with van der Waals surface area (Å²) in [5.74, 6) is 2.40. The quantitative estimate of drug-likeness (QED) is 0.480. The highest BCUT2D eigenvalue weighted by molar-refractivity contribution is 5.78. The van der Waals surface area contributed by atoms with Gasteiger partial charge in [-0.2, -0.15) is 0 Å². The van der Waals surface area contributed by atoms with Crippen LogP contribution in [0.15, 0.2) is 0 Å². The minimum atomic E-state index is -0.130. The maximum Gasteiger partial charge on any atom is 0.234 e. The molecule has 0 saturated carbocycles. The molecule has 0 unspecified atom stereocenters. The third kappa shape index (κ3) is 6.18. The molecule has 0 bridgehead atoms. The minimum Gasteiger partial charge on any atom is -0.350 e. The van der Waals surface area contributed by atoms with Crippen LogP contribution in [-0.2, 0) is 4.79 Å². The highest BCUT2D eigenvalue weighted by atomic mass is 16.2. The Hall–Kier alpha value is -1.01. The molecule has 0 aliphatic heterocycles. The molecule has 3 heteroatoms. The molecular formula is C10H18N2O. The summed E-state index contributed by atoms with van der Waals surface area (Å²) in [6.45, 7) is 6.74. The van der Waals surface area contributed by atoms with E-state index >= 15 is 0 Å². The predicted molar refractivity (Wildman–Crippen MR) is 54.2 cm³/mol. The van der Waals surface area contributed by atoms with Gasteiger partial charge in [-0.1, -0.05) is 12.8 Å². The molecule has 1 amide bonds. The van der Waals surface area contributed by atoms with E-state index < -0.39 is 0 Å². The largest absolute Gasteiger partial charge is 0.350 e. The maximum atomic E-state index is 11.3. The predicted octanol–water partition coefficient (Wildman–Crippen LogP) is 0.514. The molecule has 0 saturated heterocycles. The van der Waals surface area contributed by atoms with E-state index in [1.807, 2.05) is 20.8 Å². The first-order valence-corrected chi connectivity index (χ1v) is 4.47. The highest BCUT2D eigenvalue weighted by Gasteiger charge is 2.16. The number of amides is 1. The first-order valence-electron chi connectivity index (χ1n) is 4.47. The average Bonchev–Trinajstić information content (AvgIpc) is 2.04. The van der Waals surface area contributed by atoms with Gasteiger partial charge in [0.25, 0.3) is 0 Å². The second-order valence-electron chi connectivity index (χ2n) is 3.59. The Morgan fingerprint density at radius 1 is 1.54 bits per heavy atom. The second kappa shape index (κ2) is 5.60. The SMILES string of the molecule is C#CCNCC(=O)NC(C)(C)CC. The van der Waals surface area contributed by atoms with Crippen molar-refractivity contribution in [1.82, 2.24) is 10.6 Å². The van der Waals surface area contributed by atoms with Gasteiger partial charge in [0.15, 0.2) is 0 Å². The molecule has 0 atom stereocenters. The van der Waals surface area contributed by atoms with Gasteiger partial charge in [-0.3, -0.25) is 10.1 Å². The van der Waals surface area contributed by atoms with Gasteiger partial charge in [0, 0.05) is 5.54 Å². The Labute approximate surface area is 80.3 Å². The van der Waals surface area contributed by atoms with Gasteiger partial charge in [-0.15, -0.1) is 6.42 Å². The molecule has 0 rings (SSSR count). The van der Waals surface area contributed by atoms with Crippen molar-refractivity contribution in [2.45, 2.75) is 32.7 Å². The fourth-order valence-corrected chi connectivity index (χ4v) is 0.758. The maximum absolute atomic E-state index is 11.3. The van der Waals surface area contributed by atoms with Crippen molar-refractivity contribution in [3.63, 3.8) is 0 Å². The van der Waals surface area contributed by atoms with E-state index in [2.05, 4.69) is 16.6 Å². The summed E-state index contributed by atoms with van der Waals surface area (Å²) < 4.78 is 0. The number of carbonyl (C=O) groups is 1. The molecule has 0 heterocycles. The molecule has 0 radical (unpaired) electrons. The first kappa shape index (κ1) is 12.0. The summed E-state index contributed by atoms with van der Waals surface area (Å²) in [4.78, 5) is 11.3. The number of terminal acetylenes is 1. The Morgan fingerprint density at radius 2 is 2.15 bits per heavy atom. The van der Waals surface area contributed by atoms with Crippen LogP contribution in [0.25, 0.3) is 0 Å². The minimum absolute atomic E-state index is 0.0119. The summed E-state index contributed by atoms with van der Waals surface area (Å²) in [6, 6.07) is 0. The second-order valence-corrected chi connectivity index (χ2v) is 3.59.